The third-order valence-corrected chi connectivity index (χ3v) is 8.73. The topological polar surface area (TPSA) is 141 Å². The minimum atomic E-state index is -0.528. The third-order valence-electron chi connectivity index (χ3n) is 8.73. The SMILES string of the molecule is C=COCC1CCC(COC(=O)[CH-]C)CC1.C=[C-]C(=O)OC1CCC(OC(=O)[C-]=C)CC1.C=[C-]C(=O)OCC1CCC(COC(=O)[C-]=C)CC1.[W].[W].[W].[W].[W]. The molecule has 55 heavy (non-hydrogen) atoms. The van der Waals surface area contributed by atoms with Crippen LogP contribution in [0.3, 0.4) is 0 Å². The van der Waals surface area contributed by atoms with Crippen LogP contribution in [0.15, 0.2) is 39.2 Å². The van der Waals surface area contributed by atoms with E-state index in [0.29, 0.717) is 69.2 Å². The van der Waals surface area contributed by atoms with Gasteiger partial charge >= 0.3 is 0 Å². The Kier molecular flexibility index (Phi) is 46.0. The van der Waals surface area contributed by atoms with E-state index in [4.69, 9.17) is 28.4 Å². The summed E-state index contributed by atoms with van der Waals surface area (Å²) < 4.78 is 30.3. The van der Waals surface area contributed by atoms with Gasteiger partial charge in [0.2, 0.25) is 0 Å². The molecule has 3 rings (SSSR count). The number of esters is 5. The molecule has 3 aliphatic rings. The fourth-order valence-electron chi connectivity index (χ4n) is 5.76. The van der Waals surface area contributed by atoms with E-state index in [1.165, 1.54) is 12.7 Å². The van der Waals surface area contributed by atoms with Crippen molar-refractivity contribution in [2.75, 3.05) is 26.4 Å². The van der Waals surface area contributed by atoms with Crippen LogP contribution in [0.4, 0.5) is 0 Å². The first-order valence-corrected chi connectivity index (χ1v) is 17.1. The Morgan fingerprint density at radius 1 is 0.509 bits per heavy atom. The summed E-state index contributed by atoms with van der Waals surface area (Å²) in [5, 5.41) is 0. The number of carbonyl (C=O) groups excluding carboxylic acids is 5. The molecule has 0 amide bonds. The van der Waals surface area contributed by atoms with Gasteiger partial charge in [-0.25, -0.2) is 0 Å². The second kappa shape index (κ2) is 40.0. The van der Waals surface area contributed by atoms with Crippen molar-refractivity contribution in [1.29, 1.82) is 0 Å². The van der Waals surface area contributed by atoms with Crippen molar-refractivity contribution < 1.29 is 158 Å². The summed E-state index contributed by atoms with van der Waals surface area (Å²) in [6.45, 7) is 20.3. The van der Waals surface area contributed by atoms with Crippen LogP contribution in [0.25, 0.3) is 0 Å². The van der Waals surface area contributed by atoms with Crippen LogP contribution in [-0.4, -0.2) is 68.5 Å². The van der Waals surface area contributed by atoms with E-state index in [0.717, 1.165) is 58.0 Å². The maximum absolute atomic E-state index is 11.0. The first kappa shape index (κ1) is 63.3. The first-order valence-electron chi connectivity index (χ1n) is 17.1. The van der Waals surface area contributed by atoms with Crippen molar-refractivity contribution in [3.63, 3.8) is 0 Å². The van der Waals surface area contributed by atoms with Gasteiger partial charge < -0.3 is 52.7 Å². The van der Waals surface area contributed by atoms with Crippen molar-refractivity contribution in [2.45, 2.75) is 96.2 Å². The van der Waals surface area contributed by atoms with Crippen molar-refractivity contribution in [2.24, 2.45) is 23.7 Å². The van der Waals surface area contributed by atoms with Crippen LogP contribution in [0.1, 0.15) is 84.0 Å². The number of ether oxygens (including phenoxy) is 6. The largest absolute Gasteiger partial charge is 0.502 e. The smallest absolute Gasteiger partial charge is 0.166 e. The molecule has 0 radical (unpaired) electrons. The predicted octanol–water partition coefficient (Wildman–Crippen LogP) is 5.93. The van der Waals surface area contributed by atoms with E-state index in [1.54, 1.807) is 6.92 Å². The summed E-state index contributed by atoms with van der Waals surface area (Å²) in [4.78, 5) is 54.4. The fourth-order valence-corrected chi connectivity index (χ4v) is 5.76. The zero-order valence-electron chi connectivity index (χ0n) is 31.5. The molecule has 11 nitrogen and oxygen atoms in total. The van der Waals surface area contributed by atoms with Crippen molar-refractivity contribution in [3.8, 4) is 0 Å². The number of rotatable bonds is 16. The van der Waals surface area contributed by atoms with Crippen molar-refractivity contribution in [3.05, 3.63) is 69.9 Å². The normalized spacial score (nSPS) is 21.7. The molecule has 0 saturated heterocycles. The van der Waals surface area contributed by atoms with Crippen LogP contribution in [-0.2, 0) is 158 Å². The Labute approximate surface area is 400 Å². The van der Waals surface area contributed by atoms with Gasteiger partial charge in [0.25, 0.3) is 0 Å². The van der Waals surface area contributed by atoms with Crippen molar-refractivity contribution in [1.82, 2.24) is 0 Å². The van der Waals surface area contributed by atoms with Gasteiger partial charge in [-0.3, -0.25) is 56.7 Å². The van der Waals surface area contributed by atoms with Crippen LogP contribution in [0, 0.1) is 54.4 Å². The van der Waals surface area contributed by atoms with Gasteiger partial charge in [0.15, 0.2) is 5.97 Å². The molecule has 0 atom stereocenters. The third kappa shape index (κ3) is 31.8. The molecule has 3 fully saturated rings. The van der Waals surface area contributed by atoms with Crippen LogP contribution in [0.2, 0.25) is 0 Å². The fraction of sp³-hybridized carbons (Fsp3) is 0.590. The molecule has 0 N–H and O–H groups in total. The summed E-state index contributed by atoms with van der Waals surface area (Å²) in [6, 6.07) is 0. The van der Waals surface area contributed by atoms with Gasteiger partial charge in [0.1, 0.15) is 23.9 Å². The van der Waals surface area contributed by atoms with E-state index in [1.807, 2.05) is 0 Å². The molecule has 0 aromatic heterocycles. The second-order valence-corrected chi connectivity index (χ2v) is 12.3. The molecule has 0 bridgehead atoms. The molecule has 0 aromatic carbocycles. The molecule has 0 spiro atoms. The maximum atomic E-state index is 11.0. The quantitative estimate of drug-likeness (QED) is 0.0598. The molecule has 0 heterocycles. The van der Waals surface area contributed by atoms with Gasteiger partial charge in [0, 0.05) is 105 Å². The van der Waals surface area contributed by atoms with Gasteiger partial charge in [-0.1, -0.05) is 6.58 Å². The monoisotopic (exact) mass is 1620 g/mol. The summed E-state index contributed by atoms with van der Waals surface area (Å²) in [5.74, 6) is -0.302. The van der Waals surface area contributed by atoms with Crippen molar-refractivity contribution >= 4 is 29.8 Å². The summed E-state index contributed by atoms with van der Waals surface area (Å²) in [7, 11) is 0. The summed E-state index contributed by atoms with van der Waals surface area (Å²) >= 11 is 0. The zero-order chi connectivity index (χ0) is 37.1. The van der Waals surface area contributed by atoms with Crippen LogP contribution in [0.5, 0.6) is 0 Å². The van der Waals surface area contributed by atoms with E-state index < -0.39 is 23.9 Å². The molecule has 310 valence electrons. The number of hydrogen-bond acceptors (Lipinski definition) is 11. The summed E-state index contributed by atoms with van der Waals surface area (Å²) in [6.07, 6.45) is 22.6. The van der Waals surface area contributed by atoms with Gasteiger partial charge in [-0.15, -0.1) is 0 Å². The predicted molar refractivity (Wildman–Crippen MR) is 184 cm³/mol. The van der Waals surface area contributed by atoms with E-state index in [-0.39, 0.29) is 124 Å². The standard InChI is InChI=1S/C14H18O4.C13H21O3.C12H14O4.5W/c1-3-13(15)17-9-11-5-7-12(8-6-11)10-18-14(16)4-2;1-3-13(14)16-10-12-7-5-11(6-8-12)9-15-4-2;1-3-11(13)15-9-5-7-10(8-6-9)16-12(14)4-2;;;;;/h11-12H,1-2,5-10H2;3-4,11-12H,2,5-10H2,1H3;9-10H,1-2,5-8H2;;;;;/q-2;-1;-2;;;;;. The Morgan fingerprint density at radius 3 is 1.07 bits per heavy atom. The van der Waals surface area contributed by atoms with Gasteiger partial charge in [-0.05, 0) is 101 Å². The Hall–Kier alpha value is -0.838. The average Bonchev–Trinajstić information content (AvgIpc) is 3.15. The molecular formula is C39H53O11W5-5. The summed E-state index contributed by atoms with van der Waals surface area (Å²) in [5.41, 5.74) is 0. The average molecular weight is 1620 g/mol. The Morgan fingerprint density at radius 2 is 0.800 bits per heavy atom. The van der Waals surface area contributed by atoms with E-state index >= 15 is 0 Å². The van der Waals surface area contributed by atoms with E-state index in [9.17, 15) is 24.0 Å². The first-order chi connectivity index (χ1) is 24.1. The van der Waals surface area contributed by atoms with Gasteiger partial charge in [-0.2, -0.15) is 6.92 Å². The van der Waals surface area contributed by atoms with Crippen LogP contribution < -0.4 is 0 Å². The molecule has 3 saturated carbocycles. The van der Waals surface area contributed by atoms with Gasteiger partial charge in [0.05, 0.1) is 44.9 Å². The van der Waals surface area contributed by atoms with Crippen LogP contribution >= 0.6 is 0 Å². The number of hydrogen-bond donors (Lipinski definition) is 0. The second-order valence-electron chi connectivity index (χ2n) is 12.3. The molecule has 0 aromatic rings. The molecule has 0 unspecified atom stereocenters. The Bertz CT molecular complexity index is 1050. The van der Waals surface area contributed by atoms with E-state index in [2.05, 4.69) is 57.2 Å². The maximum Gasteiger partial charge on any atom is 0.166 e. The minimum Gasteiger partial charge on any atom is -0.502 e. The molecule has 3 aliphatic carbocycles. The molecule has 0 aliphatic heterocycles. The molecular weight excluding hydrogens is 1560 g/mol. The Balaban J connectivity index is -0.000000218. The minimum absolute atomic E-state index is 0. The zero-order valence-corrected chi connectivity index (χ0v) is 46.2. The molecule has 16 heteroatoms. The number of carbonyl (C=O) groups is 5.